The summed E-state index contributed by atoms with van der Waals surface area (Å²) in [7, 11) is 0. The van der Waals surface area contributed by atoms with Gasteiger partial charge in [0.1, 0.15) is 5.75 Å². The normalized spacial score (nSPS) is 16.9. The summed E-state index contributed by atoms with van der Waals surface area (Å²) in [4.78, 5) is 17.7. The van der Waals surface area contributed by atoms with Crippen molar-refractivity contribution in [3.05, 3.63) is 88.7 Å². The summed E-state index contributed by atoms with van der Waals surface area (Å²) >= 11 is 3.51. The predicted molar refractivity (Wildman–Crippen MR) is 108 cm³/mol. The zero-order valence-corrected chi connectivity index (χ0v) is 15.9. The van der Waals surface area contributed by atoms with Gasteiger partial charge >= 0.3 is 0 Å². The van der Waals surface area contributed by atoms with Crippen LogP contribution in [0.3, 0.4) is 0 Å². The van der Waals surface area contributed by atoms with E-state index in [2.05, 4.69) is 26.0 Å². The third-order valence-corrected chi connectivity index (χ3v) is 5.13. The van der Waals surface area contributed by atoms with Crippen molar-refractivity contribution in [2.45, 2.75) is 12.3 Å². The van der Waals surface area contributed by atoms with Crippen LogP contribution in [0.25, 0.3) is 0 Å². The Labute approximate surface area is 165 Å². The SMILES string of the molecule is O=C1C(c2ccc(O)cc2)CC(c2ccccn2)=NN1c1ccccc1Br. The molecular weight excluding hydrogens is 406 g/mol. The molecular formula is C21H16BrN3O2. The number of phenolic OH excluding ortho intramolecular Hbond substituents is 1. The van der Waals surface area contributed by atoms with Crippen LogP contribution in [-0.2, 0) is 4.79 Å². The minimum Gasteiger partial charge on any atom is -0.508 e. The topological polar surface area (TPSA) is 65.8 Å². The van der Waals surface area contributed by atoms with Gasteiger partial charge in [-0.3, -0.25) is 9.78 Å². The summed E-state index contributed by atoms with van der Waals surface area (Å²) in [5.74, 6) is -0.359. The van der Waals surface area contributed by atoms with Crippen molar-refractivity contribution in [2.24, 2.45) is 5.10 Å². The smallest absolute Gasteiger partial charge is 0.255 e. The highest BCUT2D eigenvalue weighted by Crippen LogP contribution is 2.35. The van der Waals surface area contributed by atoms with Crippen LogP contribution < -0.4 is 5.01 Å². The number of para-hydroxylation sites is 1. The Hall–Kier alpha value is -2.99. The first-order chi connectivity index (χ1) is 13.1. The van der Waals surface area contributed by atoms with Gasteiger partial charge in [0.05, 0.1) is 23.0 Å². The molecule has 1 aliphatic rings. The number of amides is 1. The first kappa shape index (κ1) is 17.4. The number of nitrogens with zero attached hydrogens (tertiary/aromatic N) is 3. The van der Waals surface area contributed by atoms with Gasteiger partial charge in [-0.1, -0.05) is 30.3 Å². The fraction of sp³-hybridized carbons (Fsp3) is 0.0952. The van der Waals surface area contributed by atoms with Crippen molar-refractivity contribution in [3.63, 3.8) is 0 Å². The summed E-state index contributed by atoms with van der Waals surface area (Å²) in [5, 5.41) is 15.6. The van der Waals surface area contributed by atoms with Crippen LogP contribution in [0.2, 0.25) is 0 Å². The van der Waals surface area contributed by atoms with Gasteiger partial charge in [-0.25, -0.2) is 0 Å². The summed E-state index contributed by atoms with van der Waals surface area (Å²) in [5.41, 5.74) is 2.99. The lowest BCUT2D eigenvalue weighted by Gasteiger charge is -2.30. The van der Waals surface area contributed by atoms with Crippen LogP contribution in [0.1, 0.15) is 23.6 Å². The molecule has 4 rings (SSSR count). The second-order valence-corrected chi connectivity index (χ2v) is 7.07. The van der Waals surface area contributed by atoms with Crippen LogP contribution >= 0.6 is 15.9 Å². The Morgan fingerprint density at radius 3 is 2.44 bits per heavy atom. The lowest BCUT2D eigenvalue weighted by atomic mass is 9.90. The number of rotatable bonds is 3. The molecule has 1 unspecified atom stereocenters. The fourth-order valence-corrected chi connectivity index (χ4v) is 3.54. The summed E-state index contributed by atoms with van der Waals surface area (Å²) in [6, 6.07) is 19.9. The number of phenols is 1. The van der Waals surface area contributed by atoms with Crippen molar-refractivity contribution >= 4 is 33.2 Å². The molecule has 6 heteroatoms. The predicted octanol–water partition coefficient (Wildman–Crippen LogP) is 4.47. The maximum absolute atomic E-state index is 13.3. The van der Waals surface area contributed by atoms with E-state index < -0.39 is 5.92 Å². The molecule has 0 fully saturated rings. The number of halogens is 1. The number of pyridine rings is 1. The van der Waals surface area contributed by atoms with Gasteiger partial charge in [0.15, 0.2) is 0 Å². The molecule has 1 amide bonds. The van der Waals surface area contributed by atoms with E-state index in [1.54, 1.807) is 30.5 Å². The standard InChI is InChI=1S/C21H16BrN3O2/c22-17-5-1-2-7-20(17)25-21(27)16(14-8-10-15(26)11-9-14)13-19(24-25)18-6-3-4-12-23-18/h1-12,16,26H,13H2. The third kappa shape index (κ3) is 3.48. The molecule has 134 valence electrons. The minimum absolute atomic E-state index is 0.118. The average molecular weight is 422 g/mol. The Morgan fingerprint density at radius 1 is 1.00 bits per heavy atom. The van der Waals surface area contributed by atoms with Gasteiger partial charge in [0, 0.05) is 17.1 Å². The van der Waals surface area contributed by atoms with E-state index >= 15 is 0 Å². The lowest BCUT2D eigenvalue weighted by Crippen LogP contribution is -2.38. The number of hydrazone groups is 1. The van der Waals surface area contributed by atoms with Crippen LogP contribution in [-0.4, -0.2) is 21.7 Å². The highest BCUT2D eigenvalue weighted by Gasteiger charge is 2.34. The maximum Gasteiger partial charge on any atom is 0.255 e. The molecule has 1 atom stereocenters. The first-order valence-corrected chi connectivity index (χ1v) is 9.29. The van der Waals surface area contributed by atoms with Crippen LogP contribution in [0.5, 0.6) is 5.75 Å². The zero-order valence-electron chi connectivity index (χ0n) is 14.3. The van der Waals surface area contributed by atoms with Crippen molar-refractivity contribution < 1.29 is 9.90 Å². The van der Waals surface area contributed by atoms with Crippen molar-refractivity contribution in [3.8, 4) is 5.75 Å². The molecule has 0 bridgehead atoms. The number of benzene rings is 2. The number of aromatic hydroxyl groups is 1. The van der Waals surface area contributed by atoms with E-state index in [0.29, 0.717) is 12.1 Å². The molecule has 3 aromatic rings. The van der Waals surface area contributed by atoms with E-state index in [1.165, 1.54) is 5.01 Å². The Morgan fingerprint density at radius 2 is 1.74 bits per heavy atom. The molecule has 1 aromatic heterocycles. The first-order valence-electron chi connectivity index (χ1n) is 8.50. The van der Waals surface area contributed by atoms with Gasteiger partial charge < -0.3 is 5.11 Å². The molecule has 5 nitrogen and oxygen atoms in total. The van der Waals surface area contributed by atoms with Crippen molar-refractivity contribution in [2.75, 3.05) is 5.01 Å². The number of aromatic nitrogens is 1. The van der Waals surface area contributed by atoms with E-state index in [-0.39, 0.29) is 11.7 Å². The average Bonchev–Trinajstić information content (AvgIpc) is 2.70. The largest absolute Gasteiger partial charge is 0.508 e. The summed E-state index contributed by atoms with van der Waals surface area (Å²) in [6.45, 7) is 0. The molecule has 0 saturated carbocycles. The van der Waals surface area contributed by atoms with Crippen LogP contribution in [0.15, 0.2) is 82.5 Å². The highest BCUT2D eigenvalue weighted by molar-refractivity contribution is 9.10. The Balaban J connectivity index is 1.82. The van der Waals surface area contributed by atoms with Crippen molar-refractivity contribution in [1.82, 2.24) is 4.98 Å². The molecule has 0 aliphatic carbocycles. The summed E-state index contributed by atoms with van der Waals surface area (Å²) < 4.78 is 0.786. The number of hydrogen-bond acceptors (Lipinski definition) is 4. The number of hydrogen-bond donors (Lipinski definition) is 1. The number of anilines is 1. The van der Waals surface area contributed by atoms with Gasteiger partial charge in [-0.15, -0.1) is 0 Å². The Bertz CT molecular complexity index is 1000. The van der Waals surface area contributed by atoms with Gasteiger partial charge in [0.2, 0.25) is 0 Å². The number of carbonyl (C=O) groups is 1. The van der Waals surface area contributed by atoms with E-state index in [9.17, 15) is 9.90 Å². The molecule has 1 aliphatic heterocycles. The van der Waals surface area contributed by atoms with E-state index in [0.717, 1.165) is 21.4 Å². The highest BCUT2D eigenvalue weighted by atomic mass is 79.9. The molecule has 0 radical (unpaired) electrons. The fourth-order valence-electron chi connectivity index (χ4n) is 3.09. The maximum atomic E-state index is 13.3. The lowest BCUT2D eigenvalue weighted by molar-refractivity contribution is -0.120. The Kier molecular flexibility index (Phi) is 4.73. The van der Waals surface area contributed by atoms with Crippen molar-refractivity contribution in [1.29, 1.82) is 0 Å². The molecule has 2 heterocycles. The second kappa shape index (κ2) is 7.32. The monoisotopic (exact) mass is 421 g/mol. The third-order valence-electron chi connectivity index (χ3n) is 4.46. The van der Waals surface area contributed by atoms with Gasteiger partial charge in [-0.2, -0.15) is 10.1 Å². The van der Waals surface area contributed by atoms with Crippen LogP contribution in [0, 0.1) is 0 Å². The van der Waals surface area contributed by atoms with Gasteiger partial charge in [-0.05, 0) is 57.9 Å². The van der Waals surface area contributed by atoms with Gasteiger partial charge in [0.25, 0.3) is 5.91 Å². The zero-order chi connectivity index (χ0) is 18.8. The molecule has 1 N–H and O–H groups in total. The van der Waals surface area contributed by atoms with E-state index in [1.807, 2.05) is 42.5 Å². The molecule has 27 heavy (non-hydrogen) atoms. The minimum atomic E-state index is -0.410. The quantitative estimate of drug-likeness (QED) is 0.677. The van der Waals surface area contributed by atoms with Crippen LogP contribution in [0.4, 0.5) is 5.69 Å². The molecule has 2 aromatic carbocycles. The molecule has 0 saturated heterocycles. The summed E-state index contributed by atoms with van der Waals surface area (Å²) in [6.07, 6.45) is 2.16. The van der Waals surface area contributed by atoms with E-state index in [4.69, 9.17) is 0 Å². The molecule has 0 spiro atoms. The number of carbonyl (C=O) groups excluding carboxylic acids is 1. The second-order valence-electron chi connectivity index (χ2n) is 6.21.